The van der Waals surface area contributed by atoms with Gasteiger partial charge in [0.25, 0.3) is 0 Å². The third-order valence-corrected chi connectivity index (χ3v) is 3.02. The van der Waals surface area contributed by atoms with Gasteiger partial charge in [0.1, 0.15) is 0 Å². The molecule has 0 radical (unpaired) electrons. The van der Waals surface area contributed by atoms with E-state index in [4.69, 9.17) is 16.2 Å². The van der Waals surface area contributed by atoms with E-state index in [2.05, 4.69) is 15.9 Å². The highest BCUT2D eigenvalue weighted by Gasteiger charge is 2.12. The van der Waals surface area contributed by atoms with E-state index in [1.165, 1.54) is 7.11 Å². The second-order valence-corrected chi connectivity index (χ2v) is 4.45. The molecule has 1 aromatic rings. The summed E-state index contributed by atoms with van der Waals surface area (Å²) in [5.41, 5.74) is 12.4. The highest BCUT2D eigenvalue weighted by atomic mass is 79.9. The van der Waals surface area contributed by atoms with Crippen LogP contribution < -0.4 is 16.2 Å². The van der Waals surface area contributed by atoms with Crippen LogP contribution in [0.3, 0.4) is 0 Å². The maximum Gasteiger partial charge on any atom is 0.172 e. The fourth-order valence-corrected chi connectivity index (χ4v) is 1.93. The molecule has 0 amide bonds. The Balaban J connectivity index is 0.00000256. The number of methoxy groups -OCH3 is 1. The van der Waals surface area contributed by atoms with Gasteiger partial charge < -0.3 is 21.3 Å². The van der Waals surface area contributed by atoms with Crippen molar-refractivity contribution in [2.45, 2.75) is 18.9 Å². The molecule has 0 saturated carbocycles. The van der Waals surface area contributed by atoms with Gasteiger partial charge in [0.05, 0.1) is 11.6 Å². The SMILES string of the molecule is COc1cc([C@@H](N)CCCN)cc(Br)c1O.Cl. The molecule has 0 aliphatic rings. The van der Waals surface area contributed by atoms with Crippen LogP contribution in [-0.4, -0.2) is 18.8 Å². The predicted molar refractivity (Wildman–Crippen MR) is 74.8 cm³/mol. The van der Waals surface area contributed by atoms with Gasteiger partial charge in [0, 0.05) is 6.04 Å². The Labute approximate surface area is 116 Å². The molecular weight excluding hydrogens is 307 g/mol. The number of hydrogen-bond acceptors (Lipinski definition) is 4. The zero-order valence-electron chi connectivity index (χ0n) is 9.65. The minimum absolute atomic E-state index is 0. The number of benzene rings is 1. The average Bonchev–Trinajstić information content (AvgIpc) is 2.29. The Morgan fingerprint density at radius 1 is 1.47 bits per heavy atom. The van der Waals surface area contributed by atoms with Crippen molar-refractivity contribution in [2.75, 3.05) is 13.7 Å². The van der Waals surface area contributed by atoms with Crippen LogP contribution in [0.1, 0.15) is 24.4 Å². The van der Waals surface area contributed by atoms with Crippen LogP contribution in [0.15, 0.2) is 16.6 Å². The molecule has 98 valence electrons. The van der Waals surface area contributed by atoms with Gasteiger partial charge in [0.2, 0.25) is 0 Å². The maximum atomic E-state index is 9.65. The second-order valence-electron chi connectivity index (χ2n) is 3.59. The molecule has 0 bridgehead atoms. The van der Waals surface area contributed by atoms with Gasteiger partial charge in [0.15, 0.2) is 11.5 Å². The lowest BCUT2D eigenvalue weighted by Crippen LogP contribution is -2.12. The van der Waals surface area contributed by atoms with Crippen LogP contribution in [0.25, 0.3) is 0 Å². The molecular formula is C11H18BrClN2O2. The highest BCUT2D eigenvalue weighted by Crippen LogP contribution is 2.37. The highest BCUT2D eigenvalue weighted by molar-refractivity contribution is 9.10. The van der Waals surface area contributed by atoms with Gasteiger partial charge in [-0.1, -0.05) is 0 Å². The van der Waals surface area contributed by atoms with Crippen LogP contribution in [0.4, 0.5) is 0 Å². The lowest BCUT2D eigenvalue weighted by Gasteiger charge is -2.14. The van der Waals surface area contributed by atoms with E-state index in [1.54, 1.807) is 12.1 Å². The molecule has 0 aliphatic heterocycles. The molecule has 0 aromatic heterocycles. The van der Waals surface area contributed by atoms with Crippen LogP contribution in [0, 0.1) is 0 Å². The topological polar surface area (TPSA) is 81.5 Å². The number of phenols is 1. The Morgan fingerprint density at radius 2 is 2.12 bits per heavy atom. The van der Waals surface area contributed by atoms with Gasteiger partial charge in [-0.2, -0.15) is 0 Å². The van der Waals surface area contributed by atoms with Crippen molar-refractivity contribution < 1.29 is 9.84 Å². The van der Waals surface area contributed by atoms with Crippen LogP contribution in [0.5, 0.6) is 11.5 Å². The van der Waals surface area contributed by atoms with Gasteiger partial charge in [-0.25, -0.2) is 0 Å². The molecule has 0 unspecified atom stereocenters. The number of halogens is 2. The zero-order chi connectivity index (χ0) is 12.1. The summed E-state index contributed by atoms with van der Waals surface area (Å²) in [6.07, 6.45) is 1.69. The number of hydrogen-bond donors (Lipinski definition) is 3. The summed E-state index contributed by atoms with van der Waals surface area (Å²) in [4.78, 5) is 0. The predicted octanol–water partition coefficient (Wildman–Crippen LogP) is 2.32. The summed E-state index contributed by atoms with van der Waals surface area (Å²) in [5.74, 6) is 0.518. The van der Waals surface area contributed by atoms with E-state index in [0.29, 0.717) is 16.8 Å². The van der Waals surface area contributed by atoms with Gasteiger partial charge in [-0.15, -0.1) is 12.4 Å². The van der Waals surface area contributed by atoms with E-state index in [9.17, 15) is 5.11 Å². The van der Waals surface area contributed by atoms with E-state index >= 15 is 0 Å². The van der Waals surface area contributed by atoms with Crippen molar-refractivity contribution in [3.63, 3.8) is 0 Å². The maximum absolute atomic E-state index is 9.65. The normalized spacial score (nSPS) is 11.8. The van der Waals surface area contributed by atoms with Crippen molar-refractivity contribution in [3.8, 4) is 11.5 Å². The summed E-state index contributed by atoms with van der Waals surface area (Å²) in [6.45, 7) is 0.629. The first kappa shape index (κ1) is 16.5. The van der Waals surface area contributed by atoms with Crippen LogP contribution in [-0.2, 0) is 0 Å². The van der Waals surface area contributed by atoms with Crippen molar-refractivity contribution in [1.82, 2.24) is 0 Å². The smallest absolute Gasteiger partial charge is 0.172 e. The number of aromatic hydroxyl groups is 1. The molecule has 1 rings (SSSR count). The molecule has 17 heavy (non-hydrogen) atoms. The lowest BCUT2D eigenvalue weighted by atomic mass is 10.0. The minimum atomic E-state index is -0.0886. The quantitative estimate of drug-likeness (QED) is 0.776. The van der Waals surface area contributed by atoms with Crippen molar-refractivity contribution in [2.24, 2.45) is 11.5 Å². The minimum Gasteiger partial charge on any atom is -0.503 e. The van der Waals surface area contributed by atoms with Crippen LogP contribution >= 0.6 is 28.3 Å². The molecule has 0 fully saturated rings. The van der Waals surface area contributed by atoms with Crippen molar-refractivity contribution >= 4 is 28.3 Å². The summed E-state index contributed by atoms with van der Waals surface area (Å²) in [5, 5.41) is 9.65. The number of phenolic OH excluding ortho intramolecular Hbond substituents is 1. The molecule has 1 atom stereocenters. The fraction of sp³-hybridized carbons (Fsp3) is 0.455. The van der Waals surface area contributed by atoms with Gasteiger partial charge in [-0.3, -0.25) is 0 Å². The average molecular weight is 326 g/mol. The standard InChI is InChI=1S/C11H17BrN2O2.ClH/c1-16-10-6-7(5-8(12)11(10)15)9(14)3-2-4-13;/h5-6,9,15H,2-4,13-14H2,1H3;1H/t9-;/m0./s1. The molecule has 5 N–H and O–H groups in total. The first-order valence-corrected chi connectivity index (χ1v) is 5.91. The van der Waals surface area contributed by atoms with E-state index in [1.807, 2.05) is 0 Å². The zero-order valence-corrected chi connectivity index (χ0v) is 12.1. The van der Waals surface area contributed by atoms with Gasteiger partial charge >= 0.3 is 0 Å². The Kier molecular flexibility index (Phi) is 7.54. The lowest BCUT2D eigenvalue weighted by molar-refractivity contribution is 0.370. The summed E-state index contributed by atoms with van der Waals surface area (Å²) in [7, 11) is 1.51. The second kappa shape index (κ2) is 7.76. The van der Waals surface area contributed by atoms with E-state index < -0.39 is 0 Å². The first-order chi connectivity index (χ1) is 7.60. The number of ether oxygens (including phenoxy) is 1. The number of rotatable bonds is 5. The molecule has 0 aliphatic carbocycles. The fourth-order valence-electron chi connectivity index (χ4n) is 1.47. The molecule has 0 spiro atoms. The van der Waals surface area contributed by atoms with Gasteiger partial charge in [-0.05, 0) is 53.0 Å². The summed E-state index contributed by atoms with van der Waals surface area (Å²) >= 11 is 3.26. The van der Waals surface area contributed by atoms with E-state index in [0.717, 1.165) is 18.4 Å². The first-order valence-electron chi connectivity index (χ1n) is 5.12. The third kappa shape index (κ3) is 4.35. The Morgan fingerprint density at radius 3 is 2.65 bits per heavy atom. The van der Waals surface area contributed by atoms with Crippen LogP contribution in [0.2, 0.25) is 0 Å². The number of nitrogens with two attached hydrogens (primary N) is 2. The molecule has 1 aromatic carbocycles. The summed E-state index contributed by atoms with van der Waals surface area (Å²) in [6, 6.07) is 3.47. The largest absolute Gasteiger partial charge is 0.503 e. The van der Waals surface area contributed by atoms with E-state index in [-0.39, 0.29) is 24.2 Å². The molecule has 4 nitrogen and oxygen atoms in total. The molecule has 0 heterocycles. The van der Waals surface area contributed by atoms with Crippen molar-refractivity contribution in [1.29, 1.82) is 0 Å². The van der Waals surface area contributed by atoms with Crippen molar-refractivity contribution in [3.05, 3.63) is 22.2 Å². The third-order valence-electron chi connectivity index (χ3n) is 2.42. The summed E-state index contributed by atoms with van der Waals surface area (Å²) < 4.78 is 5.65. The molecule has 6 heteroatoms. The monoisotopic (exact) mass is 324 g/mol. The Hall–Kier alpha value is -0.490. The molecule has 0 saturated heterocycles. The Bertz CT molecular complexity index is 364.